The van der Waals surface area contributed by atoms with Crippen molar-refractivity contribution in [2.24, 2.45) is 0 Å². The van der Waals surface area contributed by atoms with Gasteiger partial charge < -0.3 is 19.3 Å². The molecule has 0 radical (unpaired) electrons. The summed E-state index contributed by atoms with van der Waals surface area (Å²) < 4.78 is 34.1. The second-order valence-electron chi connectivity index (χ2n) is 11.8. The van der Waals surface area contributed by atoms with E-state index in [1.165, 1.54) is 88.3 Å². The number of hydrogen-bond acceptors (Lipinski definition) is 6. The highest BCUT2D eigenvalue weighted by Crippen LogP contribution is 2.66. The molecule has 0 aromatic heterocycles. The summed E-state index contributed by atoms with van der Waals surface area (Å²) in [6, 6.07) is 0. The van der Waals surface area contributed by atoms with Crippen molar-refractivity contribution < 1.29 is 27.7 Å². The van der Waals surface area contributed by atoms with Crippen LogP contribution >= 0.6 is 14.5 Å². The molecular formula is C30H68O6P2S. The van der Waals surface area contributed by atoms with Crippen molar-refractivity contribution in [3.63, 3.8) is 0 Å². The van der Waals surface area contributed by atoms with Gasteiger partial charge in [-0.15, -0.1) is 0 Å². The molecule has 0 heterocycles. The fourth-order valence-electron chi connectivity index (χ4n) is 6.16. The average Bonchev–Trinajstić information content (AvgIpc) is 2.80. The molecule has 9 heteroatoms. The zero-order valence-corrected chi connectivity index (χ0v) is 30.1. The quantitative estimate of drug-likeness (QED) is 0.0805. The van der Waals surface area contributed by atoms with Gasteiger partial charge in [-0.1, -0.05) is 54.4 Å². The summed E-state index contributed by atoms with van der Waals surface area (Å²) in [5.74, 6) is 0. The van der Waals surface area contributed by atoms with Crippen LogP contribution in [-0.4, -0.2) is 88.2 Å². The minimum atomic E-state index is -5.17. The summed E-state index contributed by atoms with van der Waals surface area (Å²) >= 11 is 0. The van der Waals surface area contributed by atoms with Gasteiger partial charge in [0, 0.05) is 37.8 Å². The Hall–Kier alpha value is 0.650. The second kappa shape index (κ2) is 25.2. The van der Waals surface area contributed by atoms with Crippen molar-refractivity contribution in [2.75, 3.05) is 37.0 Å². The van der Waals surface area contributed by atoms with E-state index in [0.29, 0.717) is 0 Å². The van der Waals surface area contributed by atoms with Crippen molar-refractivity contribution in [1.29, 1.82) is 0 Å². The van der Waals surface area contributed by atoms with E-state index < -0.39 is 24.9 Å². The number of rotatable bonds is 20. The van der Waals surface area contributed by atoms with Crippen LogP contribution < -0.4 is 0 Å². The van der Waals surface area contributed by atoms with E-state index in [9.17, 15) is 10.2 Å². The lowest BCUT2D eigenvalue weighted by atomic mass is 10.2. The molecule has 39 heavy (non-hydrogen) atoms. The molecule has 2 N–H and O–H groups in total. The molecule has 6 nitrogen and oxygen atoms in total. The van der Waals surface area contributed by atoms with Gasteiger partial charge in [0.25, 0.3) is 0 Å². The van der Waals surface area contributed by atoms with Gasteiger partial charge in [-0.05, 0) is 66.2 Å². The summed E-state index contributed by atoms with van der Waals surface area (Å²) in [6.07, 6.45) is 21.1. The van der Waals surface area contributed by atoms with Crippen LogP contribution in [0.3, 0.4) is 0 Å². The Labute approximate surface area is 246 Å². The molecule has 0 saturated carbocycles. The van der Waals surface area contributed by atoms with Gasteiger partial charge in [-0.3, -0.25) is 8.42 Å². The fraction of sp³-hybridized carbons (Fsp3) is 1.00. The topological polar surface area (TPSA) is 121 Å². The van der Waals surface area contributed by atoms with E-state index in [0.717, 1.165) is 24.2 Å². The Morgan fingerprint density at radius 3 is 0.923 bits per heavy atom. The molecule has 4 atom stereocenters. The second-order valence-corrected chi connectivity index (χ2v) is 21.9. The van der Waals surface area contributed by atoms with E-state index in [2.05, 4.69) is 55.4 Å². The maximum absolute atomic E-state index is 9.67. The van der Waals surface area contributed by atoms with Crippen LogP contribution in [-0.2, 0) is 10.4 Å². The van der Waals surface area contributed by atoms with Crippen molar-refractivity contribution in [3.8, 4) is 0 Å². The first-order chi connectivity index (χ1) is 18.0. The predicted octanol–water partition coefficient (Wildman–Crippen LogP) is 8.23. The Morgan fingerprint density at radius 2 is 0.769 bits per heavy atom. The maximum atomic E-state index is 9.67. The zero-order chi connectivity index (χ0) is 31.1. The summed E-state index contributed by atoms with van der Waals surface area (Å²) in [5.41, 5.74) is 1.52. The van der Waals surface area contributed by atoms with Gasteiger partial charge in [0.1, 0.15) is 0 Å². The Morgan fingerprint density at radius 1 is 0.538 bits per heavy atom. The normalized spacial score (nSPS) is 15.3. The lowest BCUT2D eigenvalue weighted by Crippen LogP contribution is -2.23. The van der Waals surface area contributed by atoms with E-state index in [1.54, 1.807) is 0 Å². The molecule has 0 amide bonds. The van der Waals surface area contributed by atoms with E-state index >= 15 is 0 Å². The molecular weight excluding hydrogens is 550 g/mol. The lowest BCUT2D eigenvalue weighted by Gasteiger charge is -2.33. The highest BCUT2D eigenvalue weighted by atomic mass is 32.3. The SMILES string of the molecule is CCCC[P+](CCC)(CCC)C(C)CC(C)O.CCCC[P+](CCC)(CCC)C(C)CC(C)O.O=S(=O)([O-])[O-]. The third-order valence-corrected chi connectivity index (χ3v) is 19.8. The molecule has 0 saturated heterocycles. The average molecular weight is 619 g/mol. The first-order valence-corrected chi connectivity index (χ1v) is 21.9. The molecule has 4 unspecified atom stereocenters. The van der Waals surface area contributed by atoms with Crippen LogP contribution in [0.4, 0.5) is 0 Å². The minimum Gasteiger partial charge on any atom is -0.759 e. The van der Waals surface area contributed by atoms with Crippen molar-refractivity contribution >= 4 is 24.9 Å². The van der Waals surface area contributed by atoms with Gasteiger partial charge in [0.2, 0.25) is 0 Å². The van der Waals surface area contributed by atoms with E-state index in [1.807, 2.05) is 13.8 Å². The summed E-state index contributed by atoms with van der Waals surface area (Å²) in [5, 5.41) is 19.3. The molecule has 0 fully saturated rings. The number of unbranched alkanes of at least 4 members (excludes halogenated alkanes) is 2. The van der Waals surface area contributed by atoms with Gasteiger partial charge in [-0.2, -0.15) is 0 Å². The molecule has 0 aliphatic rings. The number of aliphatic hydroxyl groups is 2. The third-order valence-electron chi connectivity index (χ3n) is 7.82. The van der Waals surface area contributed by atoms with Gasteiger partial charge >= 0.3 is 0 Å². The number of hydrogen-bond donors (Lipinski definition) is 2. The molecule has 0 aromatic carbocycles. The van der Waals surface area contributed by atoms with Gasteiger partial charge in [0.15, 0.2) is 0 Å². The van der Waals surface area contributed by atoms with Crippen LogP contribution in [0, 0.1) is 0 Å². The molecule has 0 rings (SSSR count). The Kier molecular flexibility index (Phi) is 28.5. The van der Waals surface area contributed by atoms with E-state index in [4.69, 9.17) is 17.5 Å². The predicted molar refractivity (Wildman–Crippen MR) is 176 cm³/mol. The highest BCUT2D eigenvalue weighted by molar-refractivity contribution is 7.79. The first-order valence-electron chi connectivity index (χ1n) is 15.8. The van der Waals surface area contributed by atoms with E-state index in [-0.39, 0.29) is 12.2 Å². The molecule has 0 aliphatic carbocycles. The van der Waals surface area contributed by atoms with Crippen molar-refractivity contribution in [2.45, 2.75) is 157 Å². The summed E-state index contributed by atoms with van der Waals surface area (Å²) in [7, 11) is -6.80. The van der Waals surface area contributed by atoms with Crippen molar-refractivity contribution in [1.82, 2.24) is 0 Å². The largest absolute Gasteiger partial charge is 0.759 e. The molecule has 0 spiro atoms. The maximum Gasteiger partial charge on any atom is 0.0694 e. The van der Waals surface area contributed by atoms with Crippen LogP contribution in [0.15, 0.2) is 0 Å². The minimum absolute atomic E-state index is 0.125. The molecule has 240 valence electrons. The van der Waals surface area contributed by atoms with Gasteiger partial charge in [-0.25, -0.2) is 0 Å². The third kappa shape index (κ3) is 23.9. The summed E-state index contributed by atoms with van der Waals surface area (Å²) in [6.45, 7) is 22.6. The monoisotopic (exact) mass is 618 g/mol. The smallest absolute Gasteiger partial charge is 0.0694 e. The summed E-state index contributed by atoms with van der Waals surface area (Å²) in [4.78, 5) is 0. The lowest BCUT2D eigenvalue weighted by molar-refractivity contribution is 0.184. The molecule has 0 aromatic rings. The molecule has 0 bridgehead atoms. The zero-order valence-electron chi connectivity index (χ0n) is 27.5. The number of aliphatic hydroxyl groups excluding tert-OH is 2. The highest BCUT2D eigenvalue weighted by Gasteiger charge is 2.42. The van der Waals surface area contributed by atoms with Gasteiger partial charge in [0.05, 0.1) is 60.5 Å². The fourth-order valence-corrected chi connectivity index (χ4v) is 17.1. The van der Waals surface area contributed by atoms with Crippen LogP contribution in [0.5, 0.6) is 0 Å². The molecule has 0 aliphatic heterocycles. The Balaban J connectivity index is -0.000000566. The first kappa shape index (κ1) is 44.1. The van der Waals surface area contributed by atoms with Crippen LogP contribution in [0.25, 0.3) is 0 Å². The Bertz CT molecular complexity index is 583. The van der Waals surface area contributed by atoms with Crippen LogP contribution in [0.2, 0.25) is 0 Å². The van der Waals surface area contributed by atoms with Crippen molar-refractivity contribution in [3.05, 3.63) is 0 Å². The van der Waals surface area contributed by atoms with Crippen LogP contribution in [0.1, 0.15) is 133 Å². The standard InChI is InChI=1S/2C15H34OP.H2O4S/c2*1-6-9-12-17(10-7-2,11-8-3)15(5)13-14(4)16;1-5(2,3)4/h2*14-16H,6-13H2,1-5H3;(H2,1,2,3,4)/q2*+1;/p-2.